The second-order valence-corrected chi connectivity index (χ2v) is 5.97. The van der Waals surface area contributed by atoms with Crippen molar-refractivity contribution in [2.75, 3.05) is 7.05 Å². The molecule has 1 aromatic carbocycles. The Balaban J connectivity index is 1.92. The summed E-state index contributed by atoms with van der Waals surface area (Å²) in [4.78, 5) is 2.46. The molecule has 0 unspecified atom stereocenters. The molecule has 0 spiro atoms. The fraction of sp³-hybridized carbons (Fsp3) is 0.588. The van der Waals surface area contributed by atoms with E-state index >= 15 is 0 Å². The maximum atomic E-state index is 8.94. The fourth-order valence-electron chi connectivity index (χ4n) is 2.96. The van der Waals surface area contributed by atoms with Crippen molar-refractivity contribution in [2.24, 2.45) is 5.92 Å². The summed E-state index contributed by atoms with van der Waals surface area (Å²) in [5, 5.41) is 8.94. The lowest BCUT2D eigenvalue weighted by atomic mass is 9.86. The van der Waals surface area contributed by atoms with E-state index < -0.39 is 0 Å². The first-order valence-corrected chi connectivity index (χ1v) is 7.26. The molecule has 1 saturated carbocycles. The first-order valence-electron chi connectivity index (χ1n) is 7.26. The van der Waals surface area contributed by atoms with Gasteiger partial charge in [-0.25, -0.2) is 0 Å². The zero-order chi connectivity index (χ0) is 13.8. The number of aryl methyl sites for hydroxylation is 2. The third kappa shape index (κ3) is 3.58. The highest BCUT2D eigenvalue weighted by Gasteiger charge is 2.23. The Hall–Kier alpha value is -1.33. The van der Waals surface area contributed by atoms with Crippen LogP contribution in [0.1, 0.15) is 42.4 Å². The van der Waals surface area contributed by atoms with Crippen LogP contribution in [-0.2, 0) is 6.54 Å². The molecule has 0 atom stereocenters. The summed E-state index contributed by atoms with van der Waals surface area (Å²) in [5.74, 6) is 0.297. The van der Waals surface area contributed by atoms with Gasteiger partial charge < -0.3 is 0 Å². The predicted octanol–water partition coefficient (Wildman–Crippen LogP) is 3.82. The molecule has 102 valence electrons. The van der Waals surface area contributed by atoms with Gasteiger partial charge in [0.05, 0.1) is 6.07 Å². The molecule has 2 nitrogen and oxygen atoms in total. The Bertz CT molecular complexity index is 465. The van der Waals surface area contributed by atoms with Crippen LogP contribution in [0.25, 0.3) is 0 Å². The van der Waals surface area contributed by atoms with Crippen molar-refractivity contribution in [1.82, 2.24) is 4.90 Å². The van der Waals surface area contributed by atoms with E-state index in [0.29, 0.717) is 12.0 Å². The Labute approximate surface area is 117 Å². The first-order chi connectivity index (χ1) is 9.10. The molecule has 0 aromatic heterocycles. The van der Waals surface area contributed by atoms with Crippen LogP contribution in [0, 0.1) is 31.1 Å². The second kappa shape index (κ2) is 6.21. The molecule has 1 aliphatic carbocycles. The van der Waals surface area contributed by atoms with Gasteiger partial charge in [-0.3, -0.25) is 4.90 Å². The lowest BCUT2D eigenvalue weighted by molar-refractivity contribution is 0.171. The van der Waals surface area contributed by atoms with Gasteiger partial charge in [-0.1, -0.05) is 18.2 Å². The third-order valence-electron chi connectivity index (χ3n) is 4.51. The molecule has 0 N–H and O–H groups in total. The van der Waals surface area contributed by atoms with Crippen molar-refractivity contribution in [2.45, 2.75) is 52.1 Å². The second-order valence-electron chi connectivity index (χ2n) is 5.97. The van der Waals surface area contributed by atoms with Crippen LogP contribution in [0.5, 0.6) is 0 Å². The molecule has 0 bridgehead atoms. The van der Waals surface area contributed by atoms with E-state index in [-0.39, 0.29) is 0 Å². The minimum atomic E-state index is 0.297. The van der Waals surface area contributed by atoms with Gasteiger partial charge in [0.25, 0.3) is 0 Å². The van der Waals surface area contributed by atoms with Gasteiger partial charge in [0.15, 0.2) is 0 Å². The van der Waals surface area contributed by atoms with Crippen molar-refractivity contribution in [3.8, 4) is 6.07 Å². The van der Waals surface area contributed by atoms with E-state index in [9.17, 15) is 0 Å². The largest absolute Gasteiger partial charge is 0.299 e. The summed E-state index contributed by atoms with van der Waals surface area (Å²) >= 11 is 0. The Morgan fingerprint density at radius 1 is 1.16 bits per heavy atom. The zero-order valence-electron chi connectivity index (χ0n) is 12.3. The maximum Gasteiger partial charge on any atom is 0.0655 e. The summed E-state index contributed by atoms with van der Waals surface area (Å²) < 4.78 is 0. The van der Waals surface area contributed by atoms with Crippen LogP contribution in [0.4, 0.5) is 0 Å². The fourth-order valence-corrected chi connectivity index (χ4v) is 2.96. The van der Waals surface area contributed by atoms with Gasteiger partial charge in [-0.15, -0.1) is 0 Å². The highest BCUT2D eigenvalue weighted by atomic mass is 15.1. The zero-order valence-corrected chi connectivity index (χ0v) is 12.3. The van der Waals surface area contributed by atoms with E-state index in [4.69, 9.17) is 5.26 Å². The molecule has 1 fully saturated rings. The van der Waals surface area contributed by atoms with E-state index in [2.05, 4.69) is 50.1 Å². The molecule has 0 aliphatic heterocycles. The minimum absolute atomic E-state index is 0.297. The monoisotopic (exact) mass is 256 g/mol. The van der Waals surface area contributed by atoms with Gasteiger partial charge in [0.1, 0.15) is 0 Å². The molecule has 0 saturated heterocycles. The van der Waals surface area contributed by atoms with Gasteiger partial charge in [0.2, 0.25) is 0 Å². The van der Waals surface area contributed by atoms with Crippen LogP contribution in [0.15, 0.2) is 18.2 Å². The van der Waals surface area contributed by atoms with Crippen LogP contribution in [-0.4, -0.2) is 18.0 Å². The molecule has 0 radical (unpaired) electrons. The predicted molar refractivity (Wildman–Crippen MR) is 78.7 cm³/mol. The van der Waals surface area contributed by atoms with Gasteiger partial charge in [-0.2, -0.15) is 5.26 Å². The number of rotatable bonds is 3. The Kier molecular flexibility index (Phi) is 4.61. The van der Waals surface area contributed by atoms with Gasteiger partial charge in [0, 0.05) is 18.5 Å². The Morgan fingerprint density at radius 2 is 1.84 bits per heavy atom. The summed E-state index contributed by atoms with van der Waals surface area (Å²) in [6.45, 7) is 5.35. The molecular weight excluding hydrogens is 232 g/mol. The lowest BCUT2D eigenvalue weighted by Gasteiger charge is -2.32. The third-order valence-corrected chi connectivity index (χ3v) is 4.51. The molecule has 0 heterocycles. The highest BCUT2D eigenvalue weighted by Crippen LogP contribution is 2.27. The van der Waals surface area contributed by atoms with Crippen LogP contribution < -0.4 is 0 Å². The average Bonchev–Trinajstić information content (AvgIpc) is 2.43. The topological polar surface area (TPSA) is 27.0 Å². The molecule has 19 heavy (non-hydrogen) atoms. The van der Waals surface area contributed by atoms with Crippen molar-refractivity contribution < 1.29 is 0 Å². The normalized spacial score (nSPS) is 23.3. The van der Waals surface area contributed by atoms with Gasteiger partial charge >= 0.3 is 0 Å². The summed E-state index contributed by atoms with van der Waals surface area (Å²) in [7, 11) is 2.21. The number of hydrogen-bond donors (Lipinski definition) is 0. The van der Waals surface area contributed by atoms with E-state index in [1.54, 1.807) is 0 Å². The lowest BCUT2D eigenvalue weighted by Crippen LogP contribution is -2.34. The number of nitrogens with zero attached hydrogens (tertiary/aromatic N) is 2. The smallest absolute Gasteiger partial charge is 0.0655 e. The standard InChI is InChI=1S/C17H24N2/c1-13-4-5-16(10-14(13)2)12-19(3)17-8-6-15(11-18)7-9-17/h4-5,10,15,17H,6-9,12H2,1-3H3. The molecule has 0 amide bonds. The minimum Gasteiger partial charge on any atom is -0.299 e. The summed E-state index contributed by atoms with van der Waals surface area (Å²) in [6.07, 6.45) is 4.47. The summed E-state index contributed by atoms with van der Waals surface area (Å²) in [5.41, 5.74) is 4.13. The number of hydrogen-bond acceptors (Lipinski definition) is 2. The summed E-state index contributed by atoms with van der Waals surface area (Å²) in [6, 6.07) is 9.80. The molecule has 2 heteroatoms. The van der Waals surface area contributed by atoms with Crippen LogP contribution in [0.3, 0.4) is 0 Å². The quantitative estimate of drug-likeness (QED) is 0.822. The van der Waals surface area contributed by atoms with Crippen molar-refractivity contribution in [1.29, 1.82) is 5.26 Å². The van der Waals surface area contributed by atoms with E-state index in [1.165, 1.54) is 29.5 Å². The van der Waals surface area contributed by atoms with E-state index in [0.717, 1.165) is 19.4 Å². The SMILES string of the molecule is Cc1ccc(CN(C)C2CCC(C#N)CC2)cc1C. The average molecular weight is 256 g/mol. The highest BCUT2D eigenvalue weighted by molar-refractivity contribution is 5.29. The van der Waals surface area contributed by atoms with E-state index in [1.807, 2.05) is 0 Å². The van der Waals surface area contributed by atoms with Crippen LogP contribution in [0.2, 0.25) is 0 Å². The molecule has 1 aromatic rings. The molecule has 2 rings (SSSR count). The first kappa shape index (κ1) is 14.1. The number of benzene rings is 1. The van der Waals surface area contributed by atoms with Gasteiger partial charge in [-0.05, 0) is 63.3 Å². The molecule has 1 aliphatic rings. The van der Waals surface area contributed by atoms with Crippen molar-refractivity contribution >= 4 is 0 Å². The number of nitriles is 1. The Morgan fingerprint density at radius 3 is 2.42 bits per heavy atom. The van der Waals surface area contributed by atoms with Crippen molar-refractivity contribution in [3.63, 3.8) is 0 Å². The van der Waals surface area contributed by atoms with Crippen molar-refractivity contribution in [3.05, 3.63) is 34.9 Å². The van der Waals surface area contributed by atoms with Crippen LogP contribution >= 0.6 is 0 Å². The maximum absolute atomic E-state index is 8.94. The molecular formula is C17H24N2.